The molecule has 1 amide bonds. The summed E-state index contributed by atoms with van der Waals surface area (Å²) in [6, 6.07) is 13.1. The van der Waals surface area contributed by atoms with E-state index in [1.54, 1.807) is 0 Å². The third-order valence-corrected chi connectivity index (χ3v) is 6.50. The van der Waals surface area contributed by atoms with Crippen LogP contribution >= 0.6 is 0 Å². The Balaban J connectivity index is 2.24. The Morgan fingerprint density at radius 3 is 2.31 bits per heavy atom. The van der Waals surface area contributed by atoms with E-state index in [-0.39, 0.29) is 28.7 Å². The van der Waals surface area contributed by atoms with Crippen molar-refractivity contribution in [3.8, 4) is 5.75 Å². The summed E-state index contributed by atoms with van der Waals surface area (Å²) in [6.07, 6.45) is -1.02. The zero-order chi connectivity index (χ0) is 23.9. The standard InChI is InChI=1S/C23H30N2O6S/c1-16(2)14-24-22(26)17(3)31-23(27)19-11-12-20(30-5)21(13-19)32(28,29)25(4)15-18-9-7-6-8-10-18/h6-13,16-17H,14-15H2,1-5H3,(H,24,26). The summed E-state index contributed by atoms with van der Waals surface area (Å²) < 4.78 is 38.0. The molecule has 0 radical (unpaired) electrons. The number of nitrogens with one attached hydrogen (secondary N) is 1. The van der Waals surface area contributed by atoms with Crippen molar-refractivity contribution in [1.82, 2.24) is 9.62 Å². The van der Waals surface area contributed by atoms with Gasteiger partial charge in [0.2, 0.25) is 10.0 Å². The molecule has 2 aromatic rings. The molecule has 0 fully saturated rings. The van der Waals surface area contributed by atoms with E-state index in [9.17, 15) is 18.0 Å². The van der Waals surface area contributed by atoms with Crippen molar-refractivity contribution < 1.29 is 27.5 Å². The van der Waals surface area contributed by atoms with Crippen LogP contribution in [0.15, 0.2) is 53.4 Å². The van der Waals surface area contributed by atoms with Gasteiger partial charge in [-0.15, -0.1) is 0 Å². The Bertz CT molecular complexity index is 1040. The molecule has 0 heterocycles. The Morgan fingerprint density at radius 1 is 1.06 bits per heavy atom. The second-order valence-electron chi connectivity index (χ2n) is 7.80. The quantitative estimate of drug-likeness (QED) is 0.545. The summed E-state index contributed by atoms with van der Waals surface area (Å²) in [7, 11) is -1.17. The van der Waals surface area contributed by atoms with E-state index in [2.05, 4.69) is 5.32 Å². The number of nitrogens with zero attached hydrogens (tertiary/aromatic N) is 1. The molecule has 2 rings (SSSR count). The number of esters is 1. The Morgan fingerprint density at radius 2 is 1.72 bits per heavy atom. The summed E-state index contributed by atoms with van der Waals surface area (Å²) in [5.74, 6) is -0.869. The van der Waals surface area contributed by atoms with Crippen molar-refractivity contribution >= 4 is 21.9 Å². The molecule has 32 heavy (non-hydrogen) atoms. The van der Waals surface area contributed by atoms with Gasteiger partial charge in [-0.05, 0) is 36.6 Å². The monoisotopic (exact) mass is 462 g/mol. The van der Waals surface area contributed by atoms with E-state index in [0.717, 1.165) is 5.56 Å². The lowest BCUT2D eigenvalue weighted by Crippen LogP contribution is -2.37. The topological polar surface area (TPSA) is 102 Å². The summed E-state index contributed by atoms with van der Waals surface area (Å²) in [6.45, 7) is 5.96. The van der Waals surface area contributed by atoms with Gasteiger partial charge >= 0.3 is 5.97 Å². The molecule has 0 aromatic heterocycles. The molecule has 9 heteroatoms. The van der Waals surface area contributed by atoms with E-state index in [0.29, 0.717) is 6.54 Å². The SMILES string of the molecule is COc1ccc(C(=O)OC(C)C(=O)NCC(C)C)cc1S(=O)(=O)N(C)Cc1ccccc1. The van der Waals surface area contributed by atoms with E-state index in [1.165, 1.54) is 43.6 Å². The highest BCUT2D eigenvalue weighted by Gasteiger charge is 2.27. The molecule has 0 saturated heterocycles. The van der Waals surface area contributed by atoms with Crippen LogP contribution in [0.4, 0.5) is 0 Å². The highest BCUT2D eigenvalue weighted by atomic mass is 32.2. The lowest BCUT2D eigenvalue weighted by Gasteiger charge is -2.20. The third-order valence-electron chi connectivity index (χ3n) is 4.67. The molecule has 0 aliphatic heterocycles. The smallest absolute Gasteiger partial charge is 0.338 e. The molecular weight excluding hydrogens is 432 g/mol. The minimum Gasteiger partial charge on any atom is -0.495 e. The van der Waals surface area contributed by atoms with Gasteiger partial charge < -0.3 is 14.8 Å². The van der Waals surface area contributed by atoms with E-state index >= 15 is 0 Å². The summed E-state index contributed by atoms with van der Waals surface area (Å²) >= 11 is 0. The summed E-state index contributed by atoms with van der Waals surface area (Å²) in [4.78, 5) is 24.5. The van der Waals surface area contributed by atoms with Crippen molar-refractivity contribution in [2.75, 3.05) is 20.7 Å². The van der Waals surface area contributed by atoms with Crippen LogP contribution in [0.3, 0.4) is 0 Å². The van der Waals surface area contributed by atoms with Crippen LogP contribution in [-0.4, -0.2) is 51.4 Å². The zero-order valence-electron chi connectivity index (χ0n) is 19.0. The number of hydrogen-bond acceptors (Lipinski definition) is 6. The molecular formula is C23H30N2O6S. The number of rotatable bonds is 10. The average molecular weight is 463 g/mol. The largest absolute Gasteiger partial charge is 0.495 e. The minimum atomic E-state index is -3.98. The third kappa shape index (κ3) is 6.54. The van der Waals surface area contributed by atoms with Gasteiger partial charge in [0.25, 0.3) is 5.91 Å². The summed E-state index contributed by atoms with van der Waals surface area (Å²) in [5.41, 5.74) is 0.815. The molecule has 0 bridgehead atoms. The van der Waals surface area contributed by atoms with E-state index < -0.39 is 28.0 Å². The molecule has 174 valence electrons. The molecule has 0 aliphatic rings. The van der Waals surface area contributed by atoms with Gasteiger partial charge in [0.1, 0.15) is 10.6 Å². The van der Waals surface area contributed by atoms with Crippen molar-refractivity contribution in [3.63, 3.8) is 0 Å². The van der Waals surface area contributed by atoms with Crippen LogP contribution in [0, 0.1) is 5.92 Å². The molecule has 1 N–H and O–H groups in total. The molecule has 1 unspecified atom stereocenters. The molecule has 0 aliphatic carbocycles. The number of ether oxygens (including phenoxy) is 2. The highest BCUT2D eigenvalue weighted by Crippen LogP contribution is 2.28. The van der Waals surface area contributed by atoms with Gasteiger partial charge in [-0.1, -0.05) is 44.2 Å². The van der Waals surface area contributed by atoms with Crippen LogP contribution in [0.5, 0.6) is 5.75 Å². The van der Waals surface area contributed by atoms with Crippen LogP contribution in [-0.2, 0) is 26.1 Å². The molecule has 1 atom stereocenters. The number of benzene rings is 2. The fourth-order valence-corrected chi connectivity index (χ4v) is 4.17. The first kappa shape index (κ1) is 25.4. The van der Waals surface area contributed by atoms with Gasteiger partial charge in [-0.2, -0.15) is 4.31 Å². The second kappa shape index (κ2) is 11.1. The number of carbonyl (C=O) groups excluding carboxylic acids is 2. The second-order valence-corrected chi connectivity index (χ2v) is 9.81. The van der Waals surface area contributed by atoms with E-state index in [1.807, 2.05) is 44.2 Å². The van der Waals surface area contributed by atoms with Crippen LogP contribution < -0.4 is 10.1 Å². The van der Waals surface area contributed by atoms with Gasteiger partial charge in [0.05, 0.1) is 12.7 Å². The van der Waals surface area contributed by atoms with Gasteiger partial charge in [-0.3, -0.25) is 4.79 Å². The minimum absolute atomic E-state index is 0.000922. The highest BCUT2D eigenvalue weighted by molar-refractivity contribution is 7.89. The van der Waals surface area contributed by atoms with Crippen molar-refractivity contribution in [2.45, 2.75) is 38.3 Å². The van der Waals surface area contributed by atoms with Gasteiger partial charge in [-0.25, -0.2) is 13.2 Å². The van der Waals surface area contributed by atoms with E-state index in [4.69, 9.17) is 9.47 Å². The van der Waals surface area contributed by atoms with Gasteiger partial charge in [0, 0.05) is 20.1 Å². The van der Waals surface area contributed by atoms with Crippen molar-refractivity contribution in [2.24, 2.45) is 5.92 Å². The van der Waals surface area contributed by atoms with Gasteiger partial charge in [0.15, 0.2) is 6.10 Å². The fourth-order valence-electron chi connectivity index (χ4n) is 2.83. The first-order valence-electron chi connectivity index (χ1n) is 10.2. The van der Waals surface area contributed by atoms with Crippen LogP contribution in [0.2, 0.25) is 0 Å². The number of amides is 1. The average Bonchev–Trinajstić information content (AvgIpc) is 2.77. The predicted molar refractivity (Wildman–Crippen MR) is 121 cm³/mol. The Hall–Kier alpha value is -2.91. The number of sulfonamides is 1. The fraction of sp³-hybridized carbons (Fsp3) is 0.391. The number of methoxy groups -OCH3 is 1. The number of carbonyl (C=O) groups is 2. The number of hydrogen-bond donors (Lipinski definition) is 1. The zero-order valence-corrected chi connectivity index (χ0v) is 19.8. The maximum absolute atomic E-state index is 13.2. The maximum Gasteiger partial charge on any atom is 0.338 e. The molecule has 8 nitrogen and oxygen atoms in total. The van der Waals surface area contributed by atoms with Crippen LogP contribution in [0.25, 0.3) is 0 Å². The maximum atomic E-state index is 13.2. The predicted octanol–water partition coefficient (Wildman–Crippen LogP) is 2.83. The van der Waals surface area contributed by atoms with Crippen molar-refractivity contribution in [3.05, 3.63) is 59.7 Å². The Kier molecular flexibility index (Phi) is 8.80. The summed E-state index contributed by atoms with van der Waals surface area (Å²) in [5, 5.41) is 2.69. The lowest BCUT2D eigenvalue weighted by atomic mass is 10.2. The first-order chi connectivity index (χ1) is 15.1. The van der Waals surface area contributed by atoms with Crippen LogP contribution in [0.1, 0.15) is 36.7 Å². The first-order valence-corrected chi connectivity index (χ1v) is 11.7. The molecule has 0 spiro atoms. The van der Waals surface area contributed by atoms with Crippen molar-refractivity contribution in [1.29, 1.82) is 0 Å². The molecule has 0 saturated carbocycles. The molecule has 2 aromatic carbocycles. The Labute approximate surface area is 189 Å². The lowest BCUT2D eigenvalue weighted by molar-refractivity contribution is -0.129. The normalized spacial score (nSPS) is 12.5.